The number of hydrogen-bond acceptors (Lipinski definition) is 3. The summed E-state index contributed by atoms with van der Waals surface area (Å²) in [6.07, 6.45) is 0.626. The predicted molar refractivity (Wildman–Crippen MR) is 64.0 cm³/mol. The normalized spacial score (nSPS) is 29.4. The average Bonchev–Trinajstić information content (AvgIpc) is 2.12. The van der Waals surface area contributed by atoms with Crippen molar-refractivity contribution >= 4 is 0 Å². The van der Waals surface area contributed by atoms with Crippen LogP contribution in [0.1, 0.15) is 43.1 Å². The van der Waals surface area contributed by atoms with E-state index in [-0.39, 0.29) is 11.7 Å². The maximum atomic E-state index is 9.77. The SMILES string of the molecule is Cc1cc2c3c(c1)OC(C)(C)C[C@@H]3O[C@@H](O)C2. The van der Waals surface area contributed by atoms with Gasteiger partial charge in [0.05, 0.1) is 6.10 Å². The molecule has 0 aliphatic carbocycles. The topological polar surface area (TPSA) is 38.7 Å². The Labute approximate surface area is 101 Å². The van der Waals surface area contributed by atoms with Crippen LogP contribution in [0.15, 0.2) is 12.1 Å². The molecule has 3 nitrogen and oxygen atoms in total. The summed E-state index contributed by atoms with van der Waals surface area (Å²) in [5, 5.41) is 9.77. The van der Waals surface area contributed by atoms with Crippen molar-refractivity contribution in [2.24, 2.45) is 0 Å². The summed E-state index contributed by atoms with van der Waals surface area (Å²) in [4.78, 5) is 0. The van der Waals surface area contributed by atoms with E-state index in [1.807, 2.05) is 0 Å². The number of aliphatic hydroxyl groups is 1. The molecule has 2 heterocycles. The minimum absolute atomic E-state index is 0.0342. The van der Waals surface area contributed by atoms with Gasteiger partial charge < -0.3 is 14.6 Å². The number of aliphatic hydroxyl groups excluding tert-OH is 1. The lowest BCUT2D eigenvalue weighted by Crippen LogP contribution is -2.39. The molecule has 0 bridgehead atoms. The number of hydrogen-bond donors (Lipinski definition) is 1. The van der Waals surface area contributed by atoms with Crippen molar-refractivity contribution in [3.8, 4) is 5.75 Å². The molecule has 0 saturated heterocycles. The molecule has 0 radical (unpaired) electrons. The Morgan fingerprint density at radius 1 is 1.35 bits per heavy atom. The van der Waals surface area contributed by atoms with Crippen LogP contribution in [0.2, 0.25) is 0 Å². The van der Waals surface area contributed by atoms with Crippen LogP contribution in [0.25, 0.3) is 0 Å². The van der Waals surface area contributed by atoms with Crippen molar-refractivity contribution < 1.29 is 14.6 Å². The van der Waals surface area contributed by atoms with Crippen molar-refractivity contribution in [2.75, 3.05) is 0 Å². The van der Waals surface area contributed by atoms with Gasteiger partial charge in [-0.3, -0.25) is 0 Å². The summed E-state index contributed by atoms with van der Waals surface area (Å²) in [6, 6.07) is 4.19. The molecule has 0 spiro atoms. The summed E-state index contributed by atoms with van der Waals surface area (Å²) < 4.78 is 11.7. The van der Waals surface area contributed by atoms with E-state index in [9.17, 15) is 5.11 Å². The third-order valence-corrected chi connectivity index (χ3v) is 3.47. The molecule has 0 fully saturated rings. The van der Waals surface area contributed by atoms with Crippen LogP contribution < -0.4 is 4.74 Å². The Hall–Kier alpha value is -1.06. The molecule has 2 aliphatic rings. The molecule has 0 amide bonds. The molecule has 92 valence electrons. The molecular formula is C14H18O3. The fraction of sp³-hybridized carbons (Fsp3) is 0.571. The largest absolute Gasteiger partial charge is 0.487 e. The monoisotopic (exact) mass is 234 g/mol. The minimum Gasteiger partial charge on any atom is -0.487 e. The van der Waals surface area contributed by atoms with Crippen LogP contribution >= 0.6 is 0 Å². The van der Waals surface area contributed by atoms with E-state index < -0.39 is 6.29 Å². The van der Waals surface area contributed by atoms with Crippen molar-refractivity contribution in [3.63, 3.8) is 0 Å². The van der Waals surface area contributed by atoms with E-state index in [4.69, 9.17) is 9.47 Å². The van der Waals surface area contributed by atoms with Crippen molar-refractivity contribution in [1.29, 1.82) is 0 Å². The van der Waals surface area contributed by atoms with Crippen LogP contribution in [0.3, 0.4) is 0 Å². The molecule has 1 aromatic rings. The number of rotatable bonds is 0. The van der Waals surface area contributed by atoms with Gasteiger partial charge in [-0.1, -0.05) is 6.07 Å². The second-order valence-corrected chi connectivity index (χ2v) is 5.69. The number of aryl methyl sites for hydroxylation is 1. The molecule has 2 atom stereocenters. The predicted octanol–water partition coefficient (Wildman–Crippen LogP) is 2.49. The first kappa shape index (κ1) is 11.1. The van der Waals surface area contributed by atoms with Gasteiger partial charge in [-0.2, -0.15) is 0 Å². The molecule has 3 rings (SSSR count). The van der Waals surface area contributed by atoms with Crippen molar-refractivity contribution in [3.05, 3.63) is 28.8 Å². The average molecular weight is 234 g/mol. The van der Waals surface area contributed by atoms with Crippen LogP contribution in [0.4, 0.5) is 0 Å². The molecule has 0 aromatic heterocycles. The Morgan fingerprint density at radius 2 is 2.12 bits per heavy atom. The maximum Gasteiger partial charge on any atom is 0.159 e. The first-order valence-electron chi connectivity index (χ1n) is 6.10. The van der Waals surface area contributed by atoms with Gasteiger partial charge in [-0.05, 0) is 38.0 Å². The van der Waals surface area contributed by atoms with E-state index in [0.29, 0.717) is 6.42 Å². The highest BCUT2D eigenvalue weighted by Gasteiger charge is 2.39. The van der Waals surface area contributed by atoms with E-state index in [1.54, 1.807) is 0 Å². The lowest BCUT2D eigenvalue weighted by molar-refractivity contribution is -0.166. The summed E-state index contributed by atoms with van der Waals surface area (Å²) >= 11 is 0. The summed E-state index contributed by atoms with van der Waals surface area (Å²) in [5.74, 6) is 0.924. The van der Waals surface area contributed by atoms with Gasteiger partial charge >= 0.3 is 0 Å². The third-order valence-electron chi connectivity index (χ3n) is 3.47. The number of ether oxygens (including phenoxy) is 2. The Kier molecular flexibility index (Phi) is 2.25. The Bertz CT molecular complexity index is 465. The van der Waals surface area contributed by atoms with Crippen molar-refractivity contribution in [1.82, 2.24) is 0 Å². The molecule has 1 N–H and O–H groups in total. The fourth-order valence-electron chi connectivity index (χ4n) is 2.89. The minimum atomic E-state index is -0.684. The van der Waals surface area contributed by atoms with Crippen LogP contribution in [-0.2, 0) is 11.2 Å². The van der Waals surface area contributed by atoms with Crippen LogP contribution in [0, 0.1) is 6.92 Å². The van der Waals surface area contributed by atoms with Gasteiger partial charge in [0.25, 0.3) is 0 Å². The smallest absolute Gasteiger partial charge is 0.159 e. The van der Waals surface area contributed by atoms with Gasteiger partial charge in [0.15, 0.2) is 6.29 Å². The van der Waals surface area contributed by atoms with Gasteiger partial charge in [0.1, 0.15) is 11.4 Å². The molecular weight excluding hydrogens is 216 g/mol. The van der Waals surface area contributed by atoms with Crippen molar-refractivity contribution in [2.45, 2.75) is 51.6 Å². The Morgan fingerprint density at radius 3 is 2.88 bits per heavy atom. The standard InChI is InChI=1S/C14H18O3/c1-8-4-9-6-12(15)16-11-7-14(2,3)17-10(5-8)13(9)11/h4-5,11-12,15H,6-7H2,1-3H3/t11-,12+/m0/s1. The highest BCUT2D eigenvalue weighted by Crippen LogP contribution is 2.46. The molecule has 3 heteroatoms. The molecule has 17 heavy (non-hydrogen) atoms. The zero-order chi connectivity index (χ0) is 12.2. The lowest BCUT2D eigenvalue weighted by atomic mass is 9.85. The zero-order valence-corrected chi connectivity index (χ0v) is 10.5. The molecule has 0 saturated carbocycles. The van der Waals surface area contributed by atoms with E-state index in [2.05, 4.69) is 32.9 Å². The summed E-state index contributed by atoms with van der Waals surface area (Å²) in [6.45, 7) is 6.17. The quantitative estimate of drug-likeness (QED) is 0.749. The van der Waals surface area contributed by atoms with Gasteiger partial charge in [0.2, 0.25) is 0 Å². The number of benzene rings is 1. The zero-order valence-electron chi connectivity index (χ0n) is 10.5. The van der Waals surface area contributed by atoms with E-state index >= 15 is 0 Å². The van der Waals surface area contributed by atoms with Gasteiger partial charge in [-0.25, -0.2) is 0 Å². The van der Waals surface area contributed by atoms with Gasteiger partial charge in [-0.15, -0.1) is 0 Å². The first-order valence-corrected chi connectivity index (χ1v) is 6.10. The first-order chi connectivity index (χ1) is 7.94. The van der Waals surface area contributed by atoms with Gasteiger partial charge in [0, 0.05) is 18.4 Å². The highest BCUT2D eigenvalue weighted by atomic mass is 16.6. The second-order valence-electron chi connectivity index (χ2n) is 5.69. The Balaban J connectivity index is 2.16. The molecule has 0 unspecified atom stereocenters. The summed E-state index contributed by atoms with van der Waals surface area (Å²) in [5.41, 5.74) is 3.24. The third kappa shape index (κ3) is 1.83. The van der Waals surface area contributed by atoms with E-state index in [1.165, 1.54) is 11.1 Å². The lowest BCUT2D eigenvalue weighted by Gasteiger charge is -2.41. The fourth-order valence-corrected chi connectivity index (χ4v) is 2.89. The molecule has 1 aromatic carbocycles. The second kappa shape index (κ2) is 3.47. The van der Waals surface area contributed by atoms with E-state index in [0.717, 1.165) is 17.7 Å². The molecule has 2 aliphatic heterocycles. The van der Waals surface area contributed by atoms with Crippen LogP contribution in [-0.4, -0.2) is 17.0 Å². The highest BCUT2D eigenvalue weighted by molar-refractivity contribution is 5.48. The maximum absolute atomic E-state index is 9.77. The summed E-state index contributed by atoms with van der Waals surface area (Å²) in [7, 11) is 0. The van der Waals surface area contributed by atoms with Crippen LogP contribution in [0.5, 0.6) is 5.75 Å².